The molecule has 3 aromatic carbocycles. The molecule has 41 heavy (non-hydrogen) atoms. The minimum Gasteiger partial charge on any atom is -0.488 e. The van der Waals surface area contributed by atoms with Gasteiger partial charge in [-0.25, -0.2) is 0 Å². The zero-order valence-electron chi connectivity index (χ0n) is 24.2. The molecular formula is C33H40O8. The normalized spacial score (nSPS) is 12.5. The first-order chi connectivity index (χ1) is 19.9. The van der Waals surface area contributed by atoms with E-state index < -0.39 is 12.2 Å². The predicted octanol–water partition coefficient (Wildman–Crippen LogP) is 6.11. The summed E-state index contributed by atoms with van der Waals surface area (Å²) in [6, 6.07) is 13.8. The molecule has 0 aliphatic heterocycles. The van der Waals surface area contributed by atoms with E-state index in [2.05, 4.69) is 13.2 Å². The van der Waals surface area contributed by atoms with Crippen molar-refractivity contribution in [3.05, 3.63) is 73.3 Å². The van der Waals surface area contributed by atoms with Crippen LogP contribution in [0.15, 0.2) is 67.8 Å². The molecule has 0 fully saturated rings. The lowest BCUT2D eigenvalue weighted by Crippen LogP contribution is -2.30. The third-order valence-corrected chi connectivity index (χ3v) is 6.16. The minimum atomic E-state index is -0.596. The zero-order valence-corrected chi connectivity index (χ0v) is 24.2. The molecule has 8 nitrogen and oxygen atoms in total. The fourth-order valence-corrected chi connectivity index (χ4v) is 4.21. The molecule has 0 saturated heterocycles. The summed E-state index contributed by atoms with van der Waals surface area (Å²) in [5, 5.41) is 3.34. The number of carbonyl (C=O) groups is 2. The fraction of sp³-hybridized carbons (Fsp3) is 0.394. The Morgan fingerprint density at radius 2 is 1.17 bits per heavy atom. The second-order valence-electron chi connectivity index (χ2n) is 9.46. The quantitative estimate of drug-likeness (QED) is 0.0792. The maximum Gasteiger partial charge on any atom is 0.305 e. The van der Waals surface area contributed by atoms with Crippen molar-refractivity contribution in [3.8, 4) is 11.5 Å². The van der Waals surface area contributed by atoms with E-state index in [0.717, 1.165) is 27.1 Å². The molecule has 0 spiro atoms. The van der Waals surface area contributed by atoms with E-state index in [4.69, 9.17) is 28.4 Å². The Morgan fingerprint density at radius 1 is 0.707 bits per heavy atom. The van der Waals surface area contributed by atoms with Crippen LogP contribution in [0.5, 0.6) is 11.5 Å². The first-order valence-corrected chi connectivity index (χ1v) is 13.9. The van der Waals surface area contributed by atoms with Crippen LogP contribution in [-0.4, -0.2) is 63.8 Å². The van der Waals surface area contributed by atoms with Crippen LogP contribution in [0, 0.1) is 6.92 Å². The van der Waals surface area contributed by atoms with E-state index in [9.17, 15) is 9.59 Å². The molecule has 0 amide bonds. The third kappa shape index (κ3) is 9.06. The van der Waals surface area contributed by atoms with Gasteiger partial charge >= 0.3 is 11.9 Å². The average molecular weight is 565 g/mol. The van der Waals surface area contributed by atoms with Crippen LogP contribution in [0.4, 0.5) is 0 Å². The molecule has 2 atom stereocenters. The Bertz CT molecular complexity index is 1330. The Kier molecular flexibility index (Phi) is 12.7. The largest absolute Gasteiger partial charge is 0.488 e. The van der Waals surface area contributed by atoms with E-state index in [-0.39, 0.29) is 51.2 Å². The van der Waals surface area contributed by atoms with E-state index in [1.165, 1.54) is 0 Å². The molecule has 0 aliphatic rings. The number of esters is 2. The summed E-state index contributed by atoms with van der Waals surface area (Å²) in [6.45, 7) is 14.1. The summed E-state index contributed by atoms with van der Waals surface area (Å²) in [4.78, 5) is 24.1. The van der Waals surface area contributed by atoms with Crippen LogP contribution in [0.25, 0.3) is 21.5 Å². The van der Waals surface area contributed by atoms with Crippen LogP contribution < -0.4 is 9.47 Å². The highest BCUT2D eigenvalue weighted by atomic mass is 16.6. The van der Waals surface area contributed by atoms with E-state index >= 15 is 0 Å². The van der Waals surface area contributed by atoms with Gasteiger partial charge in [-0.1, -0.05) is 68.0 Å². The van der Waals surface area contributed by atoms with Gasteiger partial charge < -0.3 is 28.4 Å². The first kappa shape index (κ1) is 31.6. The number of aryl methyl sites for hydroxylation is 1. The lowest BCUT2D eigenvalue weighted by atomic mass is 9.99. The first-order valence-electron chi connectivity index (χ1n) is 13.9. The van der Waals surface area contributed by atoms with Gasteiger partial charge in [0, 0.05) is 34.4 Å². The van der Waals surface area contributed by atoms with Gasteiger partial charge in [-0.05, 0) is 13.0 Å². The highest BCUT2D eigenvalue weighted by Gasteiger charge is 2.22. The Labute approximate surface area is 241 Å². The van der Waals surface area contributed by atoms with Gasteiger partial charge in [0.05, 0.1) is 26.4 Å². The van der Waals surface area contributed by atoms with E-state index in [0.29, 0.717) is 24.7 Å². The van der Waals surface area contributed by atoms with Gasteiger partial charge in [0.2, 0.25) is 0 Å². The smallest absolute Gasteiger partial charge is 0.305 e. The number of benzene rings is 3. The number of carbonyl (C=O) groups excluding carboxylic acids is 2. The molecule has 220 valence electrons. The summed E-state index contributed by atoms with van der Waals surface area (Å²) in [5.74, 6) is 0.638. The number of ether oxygens (including phenoxy) is 6. The van der Waals surface area contributed by atoms with E-state index in [1.807, 2.05) is 49.4 Å². The van der Waals surface area contributed by atoms with Crippen molar-refractivity contribution in [2.24, 2.45) is 0 Å². The van der Waals surface area contributed by atoms with Crippen LogP contribution in [0.3, 0.4) is 0 Å². The maximum atomic E-state index is 12.1. The van der Waals surface area contributed by atoms with Crippen molar-refractivity contribution >= 4 is 33.5 Å². The minimum absolute atomic E-state index is 0.103. The second-order valence-corrected chi connectivity index (χ2v) is 9.46. The van der Waals surface area contributed by atoms with Crippen molar-refractivity contribution in [2.75, 3.05) is 39.6 Å². The van der Waals surface area contributed by atoms with Crippen molar-refractivity contribution in [1.82, 2.24) is 0 Å². The van der Waals surface area contributed by atoms with Gasteiger partial charge in [-0.3, -0.25) is 9.59 Å². The summed E-state index contributed by atoms with van der Waals surface area (Å²) < 4.78 is 35.1. The van der Waals surface area contributed by atoms with Gasteiger partial charge in [0.1, 0.15) is 24.7 Å². The van der Waals surface area contributed by atoms with Crippen LogP contribution in [0.1, 0.15) is 32.3 Å². The zero-order chi connectivity index (χ0) is 29.6. The molecule has 3 aromatic rings. The molecule has 0 aliphatic carbocycles. The number of hydrogen-bond acceptors (Lipinski definition) is 8. The second kappa shape index (κ2) is 16.4. The van der Waals surface area contributed by atoms with Crippen LogP contribution in [0.2, 0.25) is 0 Å². The predicted molar refractivity (Wildman–Crippen MR) is 160 cm³/mol. The van der Waals surface area contributed by atoms with Crippen molar-refractivity contribution < 1.29 is 38.0 Å². The lowest BCUT2D eigenvalue weighted by molar-refractivity contribution is -0.154. The van der Waals surface area contributed by atoms with Crippen molar-refractivity contribution in [3.63, 3.8) is 0 Å². The molecule has 0 aromatic heterocycles. The molecule has 0 saturated carbocycles. The summed E-state index contributed by atoms with van der Waals surface area (Å²) in [6.07, 6.45) is 2.59. The lowest BCUT2D eigenvalue weighted by Gasteiger charge is -2.23. The van der Waals surface area contributed by atoms with Gasteiger partial charge in [-0.2, -0.15) is 0 Å². The molecule has 0 bridgehead atoms. The Hall–Kier alpha value is -3.88. The topological polar surface area (TPSA) is 89.5 Å². The highest BCUT2D eigenvalue weighted by molar-refractivity contribution is 6.11. The monoisotopic (exact) mass is 564 g/mol. The van der Waals surface area contributed by atoms with Gasteiger partial charge in [0.15, 0.2) is 12.2 Å². The average Bonchev–Trinajstić information content (AvgIpc) is 2.98. The van der Waals surface area contributed by atoms with Crippen molar-refractivity contribution in [1.29, 1.82) is 0 Å². The molecule has 2 unspecified atom stereocenters. The van der Waals surface area contributed by atoms with Crippen molar-refractivity contribution in [2.45, 2.75) is 45.8 Å². The number of hydrogen-bond donors (Lipinski definition) is 0. The SMILES string of the molecule is C=CCOCC(COc1c2ccccc2c(OCC(COCC=C)OC(=O)CC)c2cc(C)ccc12)OC(=O)CC. The molecular weight excluding hydrogens is 524 g/mol. The Balaban J connectivity index is 1.98. The van der Waals surface area contributed by atoms with Gasteiger partial charge in [-0.15, -0.1) is 13.2 Å². The summed E-state index contributed by atoms with van der Waals surface area (Å²) in [5.41, 5.74) is 1.04. The molecule has 3 rings (SSSR count). The van der Waals surface area contributed by atoms with Crippen LogP contribution >= 0.6 is 0 Å². The number of fused-ring (bicyclic) bond motifs is 2. The maximum absolute atomic E-state index is 12.1. The Morgan fingerprint density at radius 3 is 1.63 bits per heavy atom. The van der Waals surface area contributed by atoms with Crippen LogP contribution in [-0.2, 0) is 28.5 Å². The molecule has 8 heteroatoms. The highest BCUT2D eigenvalue weighted by Crippen LogP contribution is 2.43. The molecule has 0 N–H and O–H groups in total. The number of rotatable bonds is 18. The fourth-order valence-electron chi connectivity index (χ4n) is 4.21. The third-order valence-electron chi connectivity index (χ3n) is 6.16. The standard InChI is InChI=1S/C33H40O8/c1-6-16-36-19-24(40-30(34)8-3)21-38-32-26-12-10-11-13-27(26)33(29-18-23(5)14-15-28(29)32)39-22-25(20-37-17-7-2)41-31(35)9-4/h6-7,10-15,18,24-25H,1-2,8-9,16-17,19-22H2,3-5H3. The molecule has 0 heterocycles. The van der Waals surface area contributed by atoms with E-state index in [1.54, 1.807) is 26.0 Å². The van der Waals surface area contributed by atoms with Gasteiger partial charge in [0.25, 0.3) is 0 Å². The molecule has 0 radical (unpaired) electrons. The summed E-state index contributed by atoms with van der Waals surface area (Å²) in [7, 11) is 0. The summed E-state index contributed by atoms with van der Waals surface area (Å²) >= 11 is 0.